The summed E-state index contributed by atoms with van der Waals surface area (Å²) in [7, 11) is 0. The van der Waals surface area contributed by atoms with Gasteiger partial charge in [-0.2, -0.15) is 0 Å². The zero-order valence-electron chi connectivity index (χ0n) is 8.99. The molecular weight excluding hydrogens is 196 g/mol. The van der Waals surface area contributed by atoms with E-state index in [0.717, 1.165) is 0 Å². The Hall–Kier alpha value is -0.930. The summed E-state index contributed by atoms with van der Waals surface area (Å²) in [5.74, 6) is 4.55. The SMILES string of the molecule is CC#CC(=O)C(N)COCCOCCN. The van der Waals surface area contributed by atoms with Crippen LogP contribution < -0.4 is 11.5 Å². The van der Waals surface area contributed by atoms with Gasteiger partial charge < -0.3 is 20.9 Å². The third-order valence-electron chi connectivity index (χ3n) is 1.52. The van der Waals surface area contributed by atoms with Gasteiger partial charge in [0, 0.05) is 6.54 Å². The molecule has 86 valence electrons. The molecule has 5 heteroatoms. The molecule has 0 saturated heterocycles. The molecule has 0 aromatic rings. The lowest BCUT2D eigenvalue weighted by Gasteiger charge is -2.08. The molecule has 0 aromatic heterocycles. The Kier molecular flexibility index (Phi) is 9.02. The van der Waals surface area contributed by atoms with Gasteiger partial charge in [0.05, 0.1) is 32.5 Å². The molecule has 0 spiro atoms. The minimum atomic E-state index is -0.674. The first-order chi connectivity index (χ1) is 7.22. The first kappa shape index (κ1) is 14.1. The van der Waals surface area contributed by atoms with Gasteiger partial charge >= 0.3 is 0 Å². The van der Waals surface area contributed by atoms with Crippen LogP contribution in [0.15, 0.2) is 0 Å². The van der Waals surface area contributed by atoms with Crippen molar-refractivity contribution >= 4 is 5.78 Å². The third-order valence-corrected chi connectivity index (χ3v) is 1.52. The van der Waals surface area contributed by atoms with Crippen LogP contribution in [0.5, 0.6) is 0 Å². The van der Waals surface area contributed by atoms with Crippen LogP contribution in [-0.2, 0) is 14.3 Å². The van der Waals surface area contributed by atoms with Gasteiger partial charge in [-0.15, -0.1) is 0 Å². The van der Waals surface area contributed by atoms with E-state index in [-0.39, 0.29) is 12.4 Å². The van der Waals surface area contributed by atoms with Gasteiger partial charge in [-0.25, -0.2) is 0 Å². The molecule has 0 bridgehead atoms. The zero-order chi connectivity index (χ0) is 11.5. The Balaban J connectivity index is 3.41. The summed E-state index contributed by atoms with van der Waals surface area (Å²) in [5, 5.41) is 0. The fraction of sp³-hybridized carbons (Fsp3) is 0.700. The highest BCUT2D eigenvalue weighted by molar-refractivity contribution is 5.99. The summed E-state index contributed by atoms with van der Waals surface area (Å²) < 4.78 is 10.2. The van der Waals surface area contributed by atoms with Crippen LogP contribution in [0.2, 0.25) is 0 Å². The molecule has 0 aliphatic carbocycles. The van der Waals surface area contributed by atoms with Crippen molar-refractivity contribution < 1.29 is 14.3 Å². The van der Waals surface area contributed by atoms with Gasteiger partial charge in [-0.3, -0.25) is 4.79 Å². The van der Waals surface area contributed by atoms with Crippen molar-refractivity contribution in [3.05, 3.63) is 0 Å². The van der Waals surface area contributed by atoms with Crippen LogP contribution in [0.4, 0.5) is 0 Å². The van der Waals surface area contributed by atoms with E-state index >= 15 is 0 Å². The fourth-order valence-corrected chi connectivity index (χ4v) is 0.805. The van der Waals surface area contributed by atoms with E-state index in [4.69, 9.17) is 20.9 Å². The molecule has 1 atom stereocenters. The molecule has 1 unspecified atom stereocenters. The molecule has 0 fully saturated rings. The maximum absolute atomic E-state index is 11.1. The average molecular weight is 214 g/mol. The number of Topliss-reactive ketones (excluding diaryl/α,β-unsaturated/α-hetero) is 1. The van der Waals surface area contributed by atoms with E-state index < -0.39 is 6.04 Å². The number of nitrogens with two attached hydrogens (primary N) is 2. The molecular formula is C10H18N2O3. The molecule has 15 heavy (non-hydrogen) atoms. The molecule has 0 rings (SSSR count). The highest BCUT2D eigenvalue weighted by atomic mass is 16.5. The van der Waals surface area contributed by atoms with Gasteiger partial charge in [-0.1, -0.05) is 5.92 Å². The van der Waals surface area contributed by atoms with Crippen LogP contribution in [0.25, 0.3) is 0 Å². The molecule has 0 aliphatic heterocycles. The molecule has 5 nitrogen and oxygen atoms in total. The lowest BCUT2D eigenvalue weighted by atomic mass is 10.2. The summed E-state index contributed by atoms with van der Waals surface area (Å²) >= 11 is 0. The standard InChI is InChI=1S/C10H18N2O3/c1-2-3-10(13)9(12)8-15-7-6-14-5-4-11/h9H,4-8,11-12H2,1H3. The predicted octanol–water partition coefficient (Wildman–Crippen LogP) is -1.10. The average Bonchev–Trinajstić information content (AvgIpc) is 2.23. The third kappa shape index (κ3) is 8.09. The highest BCUT2D eigenvalue weighted by Crippen LogP contribution is 1.85. The van der Waals surface area contributed by atoms with Crippen molar-refractivity contribution in [2.24, 2.45) is 11.5 Å². The molecule has 0 amide bonds. The largest absolute Gasteiger partial charge is 0.378 e. The van der Waals surface area contributed by atoms with Crippen LogP contribution >= 0.6 is 0 Å². The Labute approximate surface area is 90.1 Å². The summed E-state index contributed by atoms with van der Waals surface area (Å²) in [4.78, 5) is 11.1. The highest BCUT2D eigenvalue weighted by Gasteiger charge is 2.10. The maximum atomic E-state index is 11.1. The summed E-state index contributed by atoms with van der Waals surface area (Å²) in [6.07, 6.45) is 0. The van der Waals surface area contributed by atoms with E-state index in [1.165, 1.54) is 0 Å². The quantitative estimate of drug-likeness (QED) is 0.304. The van der Waals surface area contributed by atoms with Crippen LogP contribution in [0.3, 0.4) is 0 Å². The second-order valence-electron chi connectivity index (χ2n) is 2.82. The van der Waals surface area contributed by atoms with Gasteiger partial charge in [-0.05, 0) is 12.8 Å². The fourth-order valence-electron chi connectivity index (χ4n) is 0.805. The second-order valence-corrected chi connectivity index (χ2v) is 2.82. The summed E-state index contributed by atoms with van der Waals surface area (Å²) in [6.45, 7) is 3.61. The maximum Gasteiger partial charge on any atom is 0.224 e. The zero-order valence-corrected chi connectivity index (χ0v) is 8.99. The number of ether oxygens (including phenoxy) is 2. The normalized spacial score (nSPS) is 11.7. The molecule has 0 saturated carbocycles. The van der Waals surface area contributed by atoms with Crippen molar-refractivity contribution in [1.29, 1.82) is 0 Å². The Morgan fingerprint density at radius 2 is 2.00 bits per heavy atom. The minimum absolute atomic E-state index is 0.166. The van der Waals surface area contributed by atoms with Crippen molar-refractivity contribution in [3.63, 3.8) is 0 Å². The van der Waals surface area contributed by atoms with Gasteiger partial charge in [0.25, 0.3) is 0 Å². The molecule has 0 heterocycles. The van der Waals surface area contributed by atoms with E-state index in [1.54, 1.807) is 6.92 Å². The molecule has 0 radical (unpaired) electrons. The summed E-state index contributed by atoms with van der Waals surface area (Å²) in [5.41, 5.74) is 10.7. The Morgan fingerprint density at radius 3 is 2.60 bits per heavy atom. The lowest BCUT2D eigenvalue weighted by molar-refractivity contribution is -0.116. The topological polar surface area (TPSA) is 87.6 Å². The van der Waals surface area contributed by atoms with Gasteiger partial charge in [0.2, 0.25) is 5.78 Å². The number of hydrogen-bond donors (Lipinski definition) is 2. The van der Waals surface area contributed by atoms with Crippen molar-refractivity contribution in [3.8, 4) is 11.8 Å². The molecule has 4 N–H and O–H groups in total. The molecule has 0 aromatic carbocycles. The minimum Gasteiger partial charge on any atom is -0.378 e. The van der Waals surface area contributed by atoms with E-state index in [2.05, 4.69) is 11.8 Å². The smallest absolute Gasteiger partial charge is 0.224 e. The number of ketones is 1. The summed E-state index contributed by atoms with van der Waals surface area (Å²) in [6, 6.07) is -0.674. The lowest BCUT2D eigenvalue weighted by Crippen LogP contribution is -2.34. The van der Waals surface area contributed by atoms with Crippen molar-refractivity contribution in [2.45, 2.75) is 13.0 Å². The first-order valence-electron chi connectivity index (χ1n) is 4.80. The number of carbonyl (C=O) groups excluding carboxylic acids is 1. The number of hydrogen-bond acceptors (Lipinski definition) is 5. The van der Waals surface area contributed by atoms with E-state index in [0.29, 0.717) is 26.4 Å². The number of rotatable bonds is 8. The van der Waals surface area contributed by atoms with Crippen LogP contribution in [-0.4, -0.2) is 44.8 Å². The van der Waals surface area contributed by atoms with Gasteiger partial charge in [0.15, 0.2) is 0 Å². The monoisotopic (exact) mass is 214 g/mol. The first-order valence-corrected chi connectivity index (χ1v) is 4.80. The van der Waals surface area contributed by atoms with Crippen LogP contribution in [0.1, 0.15) is 6.92 Å². The Bertz CT molecular complexity index is 233. The van der Waals surface area contributed by atoms with Crippen LogP contribution in [0, 0.1) is 11.8 Å². The molecule has 0 aliphatic rings. The van der Waals surface area contributed by atoms with Crippen molar-refractivity contribution in [2.75, 3.05) is 33.0 Å². The Morgan fingerprint density at radius 1 is 1.33 bits per heavy atom. The van der Waals surface area contributed by atoms with Gasteiger partial charge in [0.1, 0.15) is 0 Å². The van der Waals surface area contributed by atoms with E-state index in [1.807, 2.05) is 0 Å². The predicted molar refractivity (Wildman–Crippen MR) is 57.1 cm³/mol. The number of carbonyl (C=O) groups is 1. The van der Waals surface area contributed by atoms with E-state index in [9.17, 15) is 4.79 Å². The van der Waals surface area contributed by atoms with Crippen molar-refractivity contribution in [1.82, 2.24) is 0 Å². The second kappa shape index (κ2) is 9.62.